The highest BCUT2D eigenvalue weighted by Crippen LogP contribution is 2.37. The summed E-state index contributed by atoms with van der Waals surface area (Å²) >= 11 is 1.67. The Hall–Kier alpha value is -2.48. The summed E-state index contributed by atoms with van der Waals surface area (Å²) in [5, 5.41) is 11.4. The van der Waals surface area contributed by atoms with E-state index < -0.39 is 0 Å². The highest BCUT2D eigenvalue weighted by Gasteiger charge is 2.25. The Morgan fingerprint density at radius 3 is 2.88 bits per heavy atom. The number of hydrogen-bond acceptors (Lipinski definition) is 6. The van der Waals surface area contributed by atoms with Gasteiger partial charge < -0.3 is 14.8 Å². The first-order valence-corrected chi connectivity index (χ1v) is 13.0. The Bertz CT molecular complexity index is 1070. The van der Waals surface area contributed by atoms with Crippen molar-refractivity contribution in [1.29, 1.82) is 0 Å². The van der Waals surface area contributed by atoms with E-state index in [4.69, 9.17) is 19.6 Å². The first-order chi connectivity index (χ1) is 16.6. The number of rotatable bonds is 12. The summed E-state index contributed by atoms with van der Waals surface area (Å²) in [5.74, 6) is 0.588. The lowest BCUT2D eigenvalue weighted by molar-refractivity contribution is 0.176. The van der Waals surface area contributed by atoms with Gasteiger partial charge in [0.15, 0.2) is 0 Å². The summed E-state index contributed by atoms with van der Waals surface area (Å²) in [4.78, 5) is 4.97. The second-order valence-electron chi connectivity index (χ2n) is 9.10. The number of hydrogen-bond donors (Lipinski definition) is 1. The molecule has 2 atom stereocenters. The molecule has 2 unspecified atom stereocenters. The van der Waals surface area contributed by atoms with Crippen LogP contribution in [-0.2, 0) is 15.9 Å². The Labute approximate surface area is 207 Å². The maximum atomic E-state index is 5.66. The minimum atomic E-state index is 0.262. The van der Waals surface area contributed by atoms with Crippen molar-refractivity contribution in [3.63, 3.8) is 0 Å². The van der Waals surface area contributed by atoms with Crippen LogP contribution in [0.3, 0.4) is 0 Å². The molecule has 1 aromatic carbocycles. The molecule has 0 bridgehead atoms. The Morgan fingerprint density at radius 2 is 2.18 bits per heavy atom. The molecule has 1 fully saturated rings. The van der Waals surface area contributed by atoms with E-state index in [0.29, 0.717) is 12.5 Å². The van der Waals surface area contributed by atoms with Crippen molar-refractivity contribution in [1.82, 2.24) is 20.1 Å². The fraction of sp³-hybridized carbons (Fsp3) is 0.481. The predicted octanol–water partition coefficient (Wildman–Crippen LogP) is 5.65. The quantitative estimate of drug-likeness (QED) is 0.363. The van der Waals surface area contributed by atoms with Crippen LogP contribution in [0.2, 0.25) is 0 Å². The van der Waals surface area contributed by atoms with Gasteiger partial charge in [-0.1, -0.05) is 49.8 Å². The van der Waals surface area contributed by atoms with Crippen molar-refractivity contribution in [2.24, 2.45) is 5.92 Å². The number of allylic oxidation sites excluding steroid dienone is 1. The van der Waals surface area contributed by atoms with Gasteiger partial charge in [0.1, 0.15) is 5.01 Å². The number of methoxy groups -OCH3 is 1. The average molecular weight is 481 g/mol. The number of aryl methyl sites for hydroxylation is 1. The lowest BCUT2D eigenvalue weighted by Crippen LogP contribution is -2.23. The zero-order valence-corrected chi connectivity index (χ0v) is 21.4. The Kier molecular flexibility index (Phi) is 8.53. The third-order valence-corrected chi connectivity index (χ3v) is 7.42. The highest BCUT2D eigenvalue weighted by molar-refractivity contribution is 7.13. The molecule has 0 spiro atoms. The molecule has 1 N–H and O–H groups in total. The molecule has 34 heavy (non-hydrogen) atoms. The lowest BCUT2D eigenvalue weighted by atomic mass is 10.0. The van der Waals surface area contributed by atoms with E-state index in [1.54, 1.807) is 18.4 Å². The molecular formula is C27H36N4O2S. The van der Waals surface area contributed by atoms with Gasteiger partial charge in [-0.05, 0) is 25.7 Å². The molecule has 7 heteroatoms. The van der Waals surface area contributed by atoms with Crippen LogP contribution >= 0.6 is 11.3 Å². The standard InChI is InChI=1S/C27H36N4O2S/c1-5-21(10-12-32-4)15-28-20(3)14-23-18-34-27(30-23)25-16-29-31(24-11-13-33-17-24)26(25)22-8-6-19(2)7-9-22/h6-9,16,18,21,24,28H,3,5,10-15,17H2,1-2,4H3. The second kappa shape index (κ2) is 11.8. The molecule has 182 valence electrons. The van der Waals surface area contributed by atoms with Gasteiger partial charge in [0.25, 0.3) is 0 Å². The fourth-order valence-corrected chi connectivity index (χ4v) is 5.16. The SMILES string of the molecule is C=C(Cc1csc(-c2cnn(C3CCOC3)c2-c2ccc(C)cc2)n1)NCC(CC)CCOC. The van der Waals surface area contributed by atoms with Crippen molar-refractivity contribution in [3.05, 3.63) is 59.4 Å². The third kappa shape index (κ3) is 5.95. The van der Waals surface area contributed by atoms with Crippen LogP contribution in [0, 0.1) is 12.8 Å². The first-order valence-electron chi connectivity index (χ1n) is 12.2. The first kappa shape index (κ1) is 24.6. The molecule has 0 saturated carbocycles. The van der Waals surface area contributed by atoms with Gasteiger partial charge in [0, 0.05) is 49.9 Å². The summed E-state index contributed by atoms with van der Waals surface area (Å²) in [6, 6.07) is 8.92. The van der Waals surface area contributed by atoms with Crippen molar-refractivity contribution < 1.29 is 9.47 Å². The van der Waals surface area contributed by atoms with Crippen LogP contribution in [0.4, 0.5) is 0 Å². The van der Waals surface area contributed by atoms with Gasteiger partial charge in [-0.3, -0.25) is 4.68 Å². The van der Waals surface area contributed by atoms with Crippen LogP contribution in [0.1, 0.15) is 43.5 Å². The van der Waals surface area contributed by atoms with Crippen LogP contribution in [-0.4, -0.2) is 48.2 Å². The van der Waals surface area contributed by atoms with Gasteiger partial charge in [0.2, 0.25) is 0 Å². The Morgan fingerprint density at radius 1 is 1.35 bits per heavy atom. The molecular weight excluding hydrogens is 444 g/mol. The second-order valence-corrected chi connectivity index (χ2v) is 9.95. The lowest BCUT2D eigenvalue weighted by Gasteiger charge is -2.17. The van der Waals surface area contributed by atoms with Crippen LogP contribution in [0.15, 0.2) is 48.1 Å². The minimum Gasteiger partial charge on any atom is -0.388 e. The number of nitrogens with one attached hydrogen (secondary N) is 1. The van der Waals surface area contributed by atoms with Crippen molar-refractivity contribution in [2.45, 2.75) is 45.6 Å². The van der Waals surface area contributed by atoms with E-state index in [1.165, 1.54) is 5.56 Å². The van der Waals surface area contributed by atoms with Crippen molar-refractivity contribution in [2.75, 3.05) is 33.5 Å². The van der Waals surface area contributed by atoms with Crippen molar-refractivity contribution >= 4 is 11.3 Å². The van der Waals surface area contributed by atoms with Crippen molar-refractivity contribution in [3.8, 4) is 21.8 Å². The normalized spacial score (nSPS) is 16.6. The summed E-state index contributed by atoms with van der Waals surface area (Å²) < 4.78 is 13.0. The molecule has 1 saturated heterocycles. The molecule has 1 aliphatic heterocycles. The smallest absolute Gasteiger partial charge is 0.127 e. The Balaban J connectivity index is 1.50. The molecule has 4 rings (SSSR count). The van der Waals surface area contributed by atoms with Gasteiger partial charge in [-0.15, -0.1) is 11.3 Å². The number of ether oxygens (including phenoxy) is 2. The number of benzene rings is 1. The van der Waals surface area contributed by atoms with E-state index in [2.05, 4.69) is 60.1 Å². The number of thiazole rings is 1. The summed E-state index contributed by atoms with van der Waals surface area (Å²) in [6.45, 7) is 11.8. The average Bonchev–Trinajstić information content (AvgIpc) is 3.60. The predicted molar refractivity (Wildman–Crippen MR) is 139 cm³/mol. The molecule has 2 aromatic heterocycles. The number of nitrogens with zero attached hydrogens (tertiary/aromatic N) is 3. The molecule has 3 aromatic rings. The molecule has 0 amide bonds. The fourth-order valence-electron chi connectivity index (χ4n) is 4.33. The van der Waals surface area contributed by atoms with E-state index in [-0.39, 0.29) is 6.04 Å². The summed E-state index contributed by atoms with van der Waals surface area (Å²) in [7, 11) is 1.76. The summed E-state index contributed by atoms with van der Waals surface area (Å²) in [5.41, 5.74) is 6.65. The molecule has 0 radical (unpaired) electrons. The van der Waals surface area contributed by atoms with E-state index in [1.807, 2.05) is 6.20 Å². The van der Waals surface area contributed by atoms with E-state index in [9.17, 15) is 0 Å². The van der Waals surface area contributed by atoms with Crippen LogP contribution in [0.25, 0.3) is 21.8 Å². The zero-order chi connectivity index (χ0) is 23.9. The number of aromatic nitrogens is 3. The monoisotopic (exact) mass is 480 g/mol. The molecule has 6 nitrogen and oxygen atoms in total. The largest absolute Gasteiger partial charge is 0.388 e. The van der Waals surface area contributed by atoms with Gasteiger partial charge in [0.05, 0.1) is 35.8 Å². The highest BCUT2D eigenvalue weighted by atomic mass is 32.1. The maximum Gasteiger partial charge on any atom is 0.127 e. The van der Waals surface area contributed by atoms with Gasteiger partial charge in [-0.25, -0.2) is 4.98 Å². The van der Waals surface area contributed by atoms with E-state index >= 15 is 0 Å². The van der Waals surface area contributed by atoms with Crippen LogP contribution < -0.4 is 5.32 Å². The molecule has 1 aliphatic rings. The topological polar surface area (TPSA) is 61.2 Å². The van der Waals surface area contributed by atoms with E-state index in [0.717, 1.165) is 78.7 Å². The van der Waals surface area contributed by atoms with Gasteiger partial charge >= 0.3 is 0 Å². The molecule has 0 aliphatic carbocycles. The minimum absolute atomic E-state index is 0.262. The van der Waals surface area contributed by atoms with Gasteiger partial charge in [-0.2, -0.15) is 5.10 Å². The summed E-state index contributed by atoms with van der Waals surface area (Å²) in [6.07, 6.45) is 5.86. The maximum absolute atomic E-state index is 5.66. The van der Waals surface area contributed by atoms with Crippen LogP contribution in [0.5, 0.6) is 0 Å². The molecule has 3 heterocycles. The zero-order valence-electron chi connectivity index (χ0n) is 20.5. The third-order valence-electron chi connectivity index (χ3n) is 6.50.